The first-order chi connectivity index (χ1) is 27.6. The summed E-state index contributed by atoms with van der Waals surface area (Å²) >= 11 is 0. The Balaban J connectivity index is 1.21. The van der Waals surface area contributed by atoms with Gasteiger partial charge in [-0.2, -0.15) is 0 Å². The van der Waals surface area contributed by atoms with E-state index in [2.05, 4.69) is 159 Å². The fraction of sp³-hybridized carbons (Fsp3) is 0.444. The van der Waals surface area contributed by atoms with E-state index in [-0.39, 0.29) is 0 Å². The molecule has 0 unspecified atom stereocenters. The summed E-state index contributed by atoms with van der Waals surface area (Å²) < 4.78 is 0. The largest absolute Gasteiger partial charge is 0.372 e. The molecule has 0 radical (unpaired) electrons. The van der Waals surface area contributed by atoms with Crippen molar-refractivity contribution in [1.29, 1.82) is 0 Å². The van der Waals surface area contributed by atoms with Crippen molar-refractivity contribution in [3.05, 3.63) is 119 Å². The molecule has 0 amide bonds. The summed E-state index contributed by atoms with van der Waals surface area (Å²) in [6.45, 7) is 13.8. The summed E-state index contributed by atoms with van der Waals surface area (Å²) in [5.41, 5.74) is 7.69. The molecule has 0 aliphatic rings. The SMILES string of the molecule is CCCCCCN(CCCCCC)c1ccc(/C=C/c2ccc3cc4cc(/C=C/c5ccc(N(CCCCCC)CCCCCC)cc5)ccc4cc3c2)cc1. The van der Waals surface area contributed by atoms with Gasteiger partial charge in [-0.3, -0.25) is 0 Å². The molecule has 5 rings (SSSR count). The van der Waals surface area contributed by atoms with Crippen molar-refractivity contribution < 1.29 is 0 Å². The Kier molecular flexibility index (Phi) is 18.6. The van der Waals surface area contributed by atoms with Crippen LogP contribution in [0.15, 0.2) is 97.1 Å². The van der Waals surface area contributed by atoms with Gasteiger partial charge in [-0.05, 0) is 118 Å². The first-order valence-corrected chi connectivity index (χ1v) is 22.6. The number of hydrogen-bond acceptors (Lipinski definition) is 2. The molecule has 298 valence electrons. The number of unbranched alkanes of at least 4 members (excludes halogenated alkanes) is 12. The highest BCUT2D eigenvalue weighted by atomic mass is 15.1. The minimum absolute atomic E-state index is 1.16. The minimum atomic E-state index is 1.16. The van der Waals surface area contributed by atoms with Crippen LogP contribution in [0.2, 0.25) is 0 Å². The second kappa shape index (κ2) is 24.4. The maximum absolute atomic E-state index is 2.61. The summed E-state index contributed by atoms with van der Waals surface area (Å²) in [5.74, 6) is 0. The lowest BCUT2D eigenvalue weighted by molar-refractivity contribution is 0.609. The van der Waals surface area contributed by atoms with Crippen molar-refractivity contribution in [2.45, 2.75) is 130 Å². The zero-order valence-electron chi connectivity index (χ0n) is 35.6. The van der Waals surface area contributed by atoms with Crippen LogP contribution in [0.25, 0.3) is 45.8 Å². The van der Waals surface area contributed by atoms with Crippen LogP contribution in [0.4, 0.5) is 11.4 Å². The normalized spacial score (nSPS) is 11.8. The molecule has 0 saturated heterocycles. The molecule has 56 heavy (non-hydrogen) atoms. The number of anilines is 2. The molecule has 2 heteroatoms. The Hall–Kier alpha value is -4.30. The number of nitrogens with zero attached hydrogens (tertiary/aromatic N) is 2. The van der Waals surface area contributed by atoms with Crippen LogP contribution in [0.3, 0.4) is 0 Å². The average molecular weight is 749 g/mol. The molecule has 0 N–H and O–H groups in total. The van der Waals surface area contributed by atoms with Crippen LogP contribution in [0, 0.1) is 0 Å². The lowest BCUT2D eigenvalue weighted by Crippen LogP contribution is -2.25. The predicted octanol–water partition coefficient (Wildman–Crippen LogP) is 16.3. The van der Waals surface area contributed by atoms with Crippen molar-refractivity contribution in [3.63, 3.8) is 0 Å². The molecule has 0 bridgehead atoms. The molecule has 0 aliphatic carbocycles. The van der Waals surface area contributed by atoms with Gasteiger partial charge in [-0.15, -0.1) is 0 Å². The van der Waals surface area contributed by atoms with Gasteiger partial charge in [0.2, 0.25) is 0 Å². The summed E-state index contributed by atoms with van der Waals surface area (Å²) in [5, 5.41) is 5.13. The van der Waals surface area contributed by atoms with E-state index in [1.54, 1.807) is 0 Å². The number of hydrogen-bond donors (Lipinski definition) is 0. The standard InChI is InChI=1S/C54H72N2/c1-5-9-13-17-37-55(38-18-14-10-6-2)53-33-27-45(28-34-53)21-23-47-25-31-49-44-52-42-48(26-32-50(52)43-51(49)41-47)24-22-46-29-35-54(36-30-46)56(39-19-15-11-7-3)40-20-16-12-8-4/h21-36,41-44H,5-20,37-40H2,1-4H3/b23-21+,24-22+. The maximum atomic E-state index is 2.61. The van der Waals surface area contributed by atoms with Gasteiger partial charge in [-0.1, -0.05) is 178 Å². The first kappa shape index (κ1) is 42.8. The van der Waals surface area contributed by atoms with E-state index in [1.807, 2.05) is 0 Å². The molecular weight excluding hydrogens is 677 g/mol. The van der Waals surface area contributed by atoms with Crippen LogP contribution in [0.5, 0.6) is 0 Å². The highest BCUT2D eigenvalue weighted by Gasteiger charge is 2.08. The van der Waals surface area contributed by atoms with Gasteiger partial charge >= 0.3 is 0 Å². The van der Waals surface area contributed by atoms with Crippen LogP contribution in [0.1, 0.15) is 153 Å². The minimum Gasteiger partial charge on any atom is -0.372 e. The van der Waals surface area contributed by atoms with E-state index in [0.717, 1.165) is 26.2 Å². The highest BCUT2D eigenvalue weighted by molar-refractivity contribution is 6.00. The van der Waals surface area contributed by atoms with Gasteiger partial charge in [0.25, 0.3) is 0 Å². The van der Waals surface area contributed by atoms with Gasteiger partial charge in [0, 0.05) is 37.6 Å². The summed E-state index contributed by atoms with van der Waals surface area (Å²) in [7, 11) is 0. The van der Waals surface area contributed by atoms with Crippen molar-refractivity contribution >= 4 is 57.2 Å². The quantitative estimate of drug-likeness (QED) is 0.0316. The van der Waals surface area contributed by atoms with Gasteiger partial charge in [0.15, 0.2) is 0 Å². The average Bonchev–Trinajstić information content (AvgIpc) is 3.23. The van der Waals surface area contributed by atoms with Gasteiger partial charge in [0.1, 0.15) is 0 Å². The molecular formula is C54H72N2. The molecule has 0 spiro atoms. The highest BCUT2D eigenvalue weighted by Crippen LogP contribution is 2.27. The van der Waals surface area contributed by atoms with Crippen LogP contribution < -0.4 is 9.80 Å². The van der Waals surface area contributed by atoms with Crippen LogP contribution in [-0.4, -0.2) is 26.2 Å². The number of benzene rings is 5. The van der Waals surface area contributed by atoms with Crippen LogP contribution in [-0.2, 0) is 0 Å². The molecule has 5 aromatic carbocycles. The summed E-state index contributed by atoms with van der Waals surface area (Å²) in [6.07, 6.45) is 30.0. The molecule has 5 aromatic rings. The fourth-order valence-corrected chi connectivity index (χ4v) is 7.88. The molecule has 0 atom stereocenters. The zero-order valence-corrected chi connectivity index (χ0v) is 35.6. The van der Waals surface area contributed by atoms with Gasteiger partial charge in [-0.25, -0.2) is 0 Å². The van der Waals surface area contributed by atoms with Crippen molar-refractivity contribution in [3.8, 4) is 0 Å². The fourth-order valence-electron chi connectivity index (χ4n) is 7.88. The predicted molar refractivity (Wildman–Crippen MR) is 253 cm³/mol. The monoisotopic (exact) mass is 749 g/mol. The Labute approximate surface area is 341 Å². The number of rotatable bonds is 26. The van der Waals surface area contributed by atoms with E-state index < -0.39 is 0 Å². The molecule has 2 nitrogen and oxygen atoms in total. The smallest absolute Gasteiger partial charge is 0.0366 e. The summed E-state index contributed by atoms with van der Waals surface area (Å²) in [6, 6.07) is 36.8. The second-order valence-corrected chi connectivity index (χ2v) is 16.1. The third-order valence-electron chi connectivity index (χ3n) is 11.4. The third-order valence-corrected chi connectivity index (χ3v) is 11.4. The maximum Gasteiger partial charge on any atom is 0.0366 e. The van der Waals surface area contributed by atoms with Crippen molar-refractivity contribution in [1.82, 2.24) is 0 Å². The Morgan fingerprint density at radius 2 is 0.607 bits per heavy atom. The third kappa shape index (κ3) is 14.0. The first-order valence-electron chi connectivity index (χ1n) is 22.6. The Bertz CT molecular complexity index is 1730. The molecule has 0 heterocycles. The van der Waals surface area contributed by atoms with E-state index in [1.165, 1.54) is 158 Å². The number of fused-ring (bicyclic) bond motifs is 2. The Morgan fingerprint density at radius 1 is 0.304 bits per heavy atom. The van der Waals surface area contributed by atoms with Gasteiger partial charge < -0.3 is 9.80 Å². The summed E-state index contributed by atoms with van der Waals surface area (Å²) in [4.78, 5) is 5.23. The lowest BCUT2D eigenvalue weighted by atomic mass is 9.99. The Morgan fingerprint density at radius 3 is 0.929 bits per heavy atom. The molecule has 0 aromatic heterocycles. The topological polar surface area (TPSA) is 6.48 Å². The zero-order chi connectivity index (χ0) is 39.2. The lowest BCUT2D eigenvalue weighted by Gasteiger charge is -2.25. The van der Waals surface area contributed by atoms with Gasteiger partial charge in [0.05, 0.1) is 0 Å². The van der Waals surface area contributed by atoms with Crippen molar-refractivity contribution in [2.75, 3.05) is 36.0 Å². The van der Waals surface area contributed by atoms with Crippen molar-refractivity contribution in [2.24, 2.45) is 0 Å². The molecule has 0 aliphatic heterocycles. The van der Waals surface area contributed by atoms with E-state index in [0.29, 0.717) is 0 Å². The molecule has 0 saturated carbocycles. The van der Waals surface area contributed by atoms with E-state index in [9.17, 15) is 0 Å². The second-order valence-electron chi connectivity index (χ2n) is 16.1. The van der Waals surface area contributed by atoms with E-state index >= 15 is 0 Å². The van der Waals surface area contributed by atoms with Crippen LogP contribution >= 0.6 is 0 Å². The molecule has 0 fully saturated rings. The van der Waals surface area contributed by atoms with E-state index in [4.69, 9.17) is 0 Å².